The van der Waals surface area contributed by atoms with Crippen molar-refractivity contribution in [3.63, 3.8) is 0 Å². The van der Waals surface area contributed by atoms with E-state index in [1.165, 1.54) is 11.0 Å². The molecule has 1 aromatic carbocycles. The van der Waals surface area contributed by atoms with Gasteiger partial charge in [-0.15, -0.1) is 0 Å². The zero-order valence-corrected chi connectivity index (χ0v) is 12.4. The van der Waals surface area contributed by atoms with Gasteiger partial charge in [0.2, 0.25) is 0 Å². The lowest BCUT2D eigenvalue weighted by molar-refractivity contribution is 0.0769. The summed E-state index contributed by atoms with van der Waals surface area (Å²) in [5.74, 6) is 5.23. The van der Waals surface area contributed by atoms with Gasteiger partial charge >= 0.3 is 0 Å². The van der Waals surface area contributed by atoms with Crippen LogP contribution in [0.25, 0.3) is 0 Å². The number of nitrogens with zero attached hydrogens (tertiary/aromatic N) is 1. The summed E-state index contributed by atoms with van der Waals surface area (Å²) in [5.41, 5.74) is 3.26. The van der Waals surface area contributed by atoms with E-state index in [-0.39, 0.29) is 24.0 Å². The maximum atomic E-state index is 12.5. The maximum absolute atomic E-state index is 12.5. The number of hydrogen-bond donors (Lipinski definition) is 2. The molecule has 0 atom stereocenters. The predicted molar refractivity (Wildman–Crippen MR) is 78.4 cm³/mol. The van der Waals surface area contributed by atoms with E-state index in [9.17, 15) is 13.2 Å². The molecule has 1 amide bonds. The molecule has 0 spiro atoms. The van der Waals surface area contributed by atoms with Gasteiger partial charge in [0.25, 0.3) is 5.91 Å². The van der Waals surface area contributed by atoms with E-state index in [1.807, 2.05) is 0 Å². The summed E-state index contributed by atoms with van der Waals surface area (Å²) in [5, 5.41) is 0.426. The van der Waals surface area contributed by atoms with Gasteiger partial charge in [0.15, 0.2) is 9.84 Å². The Morgan fingerprint density at radius 2 is 2.05 bits per heavy atom. The number of halogens is 1. The zero-order chi connectivity index (χ0) is 14.8. The molecule has 1 aromatic rings. The molecule has 0 bridgehead atoms. The van der Waals surface area contributed by atoms with Crippen LogP contribution >= 0.6 is 11.6 Å². The van der Waals surface area contributed by atoms with Crippen LogP contribution in [0.1, 0.15) is 16.8 Å². The van der Waals surface area contributed by atoms with Crippen LogP contribution in [0.15, 0.2) is 18.2 Å². The molecular formula is C12H16ClN3O3S. The minimum absolute atomic E-state index is 0.00923. The summed E-state index contributed by atoms with van der Waals surface area (Å²) in [4.78, 5) is 14.0. The van der Waals surface area contributed by atoms with Crippen molar-refractivity contribution in [2.45, 2.75) is 6.42 Å². The largest absolute Gasteiger partial charge is 0.338 e. The fourth-order valence-electron chi connectivity index (χ4n) is 2.13. The second kappa shape index (κ2) is 5.99. The van der Waals surface area contributed by atoms with Gasteiger partial charge in [-0.3, -0.25) is 10.6 Å². The molecule has 2 rings (SSSR count). The Balaban J connectivity index is 2.25. The molecule has 0 unspecified atom stereocenters. The molecule has 1 heterocycles. The van der Waals surface area contributed by atoms with Gasteiger partial charge in [-0.1, -0.05) is 11.6 Å². The number of carbonyl (C=O) groups is 1. The first-order valence-corrected chi connectivity index (χ1v) is 8.39. The lowest BCUT2D eigenvalue weighted by atomic mass is 10.1. The number of benzene rings is 1. The SMILES string of the molecule is NNc1ccc(Cl)cc1C(=O)N1CCCS(=O)(=O)CC1. The average molecular weight is 318 g/mol. The predicted octanol–water partition coefficient (Wildman–Crippen LogP) is 0.886. The summed E-state index contributed by atoms with van der Waals surface area (Å²) >= 11 is 5.90. The molecule has 1 saturated heterocycles. The van der Waals surface area contributed by atoms with Crippen LogP contribution in [0.5, 0.6) is 0 Å². The van der Waals surface area contributed by atoms with Crippen molar-refractivity contribution in [3.8, 4) is 0 Å². The molecule has 8 heteroatoms. The van der Waals surface area contributed by atoms with Crippen molar-refractivity contribution in [2.75, 3.05) is 30.0 Å². The highest BCUT2D eigenvalue weighted by Crippen LogP contribution is 2.22. The fourth-order valence-corrected chi connectivity index (χ4v) is 3.57. The number of hydrogen-bond acceptors (Lipinski definition) is 5. The summed E-state index contributed by atoms with van der Waals surface area (Å²) in [6, 6.07) is 4.77. The van der Waals surface area contributed by atoms with E-state index in [1.54, 1.807) is 12.1 Å². The lowest BCUT2D eigenvalue weighted by Crippen LogP contribution is -2.34. The minimum atomic E-state index is -3.05. The van der Waals surface area contributed by atoms with Crippen molar-refractivity contribution in [3.05, 3.63) is 28.8 Å². The highest BCUT2D eigenvalue weighted by Gasteiger charge is 2.24. The van der Waals surface area contributed by atoms with Crippen LogP contribution in [0.4, 0.5) is 5.69 Å². The van der Waals surface area contributed by atoms with E-state index in [2.05, 4.69) is 5.43 Å². The van der Waals surface area contributed by atoms with Gasteiger partial charge in [0, 0.05) is 18.1 Å². The number of nitrogen functional groups attached to an aromatic ring is 1. The maximum Gasteiger partial charge on any atom is 0.256 e. The summed E-state index contributed by atoms with van der Waals surface area (Å²) in [6.45, 7) is 0.603. The second-order valence-corrected chi connectivity index (χ2v) is 7.37. The van der Waals surface area contributed by atoms with E-state index in [0.29, 0.717) is 29.2 Å². The lowest BCUT2D eigenvalue weighted by Gasteiger charge is -2.21. The molecule has 20 heavy (non-hydrogen) atoms. The van der Waals surface area contributed by atoms with Crippen LogP contribution in [-0.4, -0.2) is 43.8 Å². The summed E-state index contributed by atoms with van der Waals surface area (Å²) < 4.78 is 23.1. The Kier molecular flexibility index (Phi) is 4.52. The van der Waals surface area contributed by atoms with Gasteiger partial charge in [0.1, 0.15) is 0 Å². The monoisotopic (exact) mass is 317 g/mol. The first kappa shape index (κ1) is 15.1. The highest BCUT2D eigenvalue weighted by atomic mass is 35.5. The molecule has 1 aliphatic heterocycles. The number of anilines is 1. The van der Waals surface area contributed by atoms with Crippen LogP contribution < -0.4 is 11.3 Å². The topological polar surface area (TPSA) is 92.5 Å². The molecule has 0 saturated carbocycles. The summed E-state index contributed by atoms with van der Waals surface area (Å²) in [6.07, 6.45) is 0.444. The van der Waals surface area contributed by atoms with Crippen molar-refractivity contribution in [2.24, 2.45) is 5.84 Å². The first-order chi connectivity index (χ1) is 9.43. The Bertz CT molecular complexity index is 618. The van der Waals surface area contributed by atoms with E-state index in [0.717, 1.165) is 0 Å². The highest BCUT2D eigenvalue weighted by molar-refractivity contribution is 7.91. The number of nitrogens with two attached hydrogens (primary N) is 1. The van der Waals surface area contributed by atoms with Crippen LogP contribution in [0, 0.1) is 0 Å². The number of nitrogens with one attached hydrogen (secondary N) is 1. The van der Waals surface area contributed by atoms with Crippen molar-refractivity contribution in [1.29, 1.82) is 0 Å². The van der Waals surface area contributed by atoms with Crippen molar-refractivity contribution in [1.82, 2.24) is 4.90 Å². The van der Waals surface area contributed by atoms with E-state index >= 15 is 0 Å². The third-order valence-corrected chi connectivity index (χ3v) is 5.16. The molecule has 6 nitrogen and oxygen atoms in total. The Hall–Kier alpha value is -1.31. The summed E-state index contributed by atoms with van der Waals surface area (Å²) in [7, 11) is -3.05. The fraction of sp³-hybridized carbons (Fsp3) is 0.417. The Morgan fingerprint density at radius 1 is 1.30 bits per heavy atom. The molecule has 3 N–H and O–H groups in total. The Morgan fingerprint density at radius 3 is 2.75 bits per heavy atom. The molecule has 0 aliphatic carbocycles. The van der Waals surface area contributed by atoms with E-state index in [4.69, 9.17) is 17.4 Å². The van der Waals surface area contributed by atoms with Crippen LogP contribution in [-0.2, 0) is 9.84 Å². The third-order valence-electron chi connectivity index (χ3n) is 3.21. The molecular weight excluding hydrogens is 302 g/mol. The number of carbonyl (C=O) groups excluding carboxylic acids is 1. The van der Waals surface area contributed by atoms with Gasteiger partial charge < -0.3 is 10.3 Å². The third kappa shape index (κ3) is 3.41. The van der Waals surface area contributed by atoms with Crippen LogP contribution in [0.3, 0.4) is 0 Å². The molecule has 0 radical (unpaired) electrons. The normalized spacial score (nSPS) is 18.4. The molecule has 0 aromatic heterocycles. The van der Waals surface area contributed by atoms with Crippen molar-refractivity contribution < 1.29 is 13.2 Å². The molecule has 1 fully saturated rings. The molecule has 110 valence electrons. The van der Waals surface area contributed by atoms with Crippen LogP contribution in [0.2, 0.25) is 5.02 Å². The smallest absolute Gasteiger partial charge is 0.256 e. The molecule has 1 aliphatic rings. The Labute approximate surface area is 122 Å². The number of sulfone groups is 1. The van der Waals surface area contributed by atoms with Gasteiger partial charge in [0.05, 0.1) is 22.8 Å². The quantitative estimate of drug-likeness (QED) is 0.624. The first-order valence-electron chi connectivity index (χ1n) is 6.19. The van der Waals surface area contributed by atoms with Gasteiger partial charge in [-0.2, -0.15) is 0 Å². The second-order valence-electron chi connectivity index (χ2n) is 4.63. The average Bonchev–Trinajstić information content (AvgIpc) is 2.59. The minimum Gasteiger partial charge on any atom is -0.338 e. The number of amides is 1. The zero-order valence-electron chi connectivity index (χ0n) is 10.8. The number of hydrazine groups is 1. The van der Waals surface area contributed by atoms with Gasteiger partial charge in [-0.05, 0) is 24.6 Å². The van der Waals surface area contributed by atoms with Crippen molar-refractivity contribution >= 4 is 33.0 Å². The standard InChI is InChI=1S/C12H16ClN3O3S/c13-9-2-3-11(15-14)10(8-9)12(17)16-4-1-6-20(18,19)7-5-16/h2-3,8,15H,1,4-7,14H2. The van der Waals surface area contributed by atoms with E-state index < -0.39 is 9.84 Å². The number of rotatable bonds is 2. The van der Waals surface area contributed by atoms with Gasteiger partial charge in [-0.25, -0.2) is 8.42 Å².